The van der Waals surface area contributed by atoms with Crippen molar-refractivity contribution in [3.05, 3.63) is 47.6 Å². The third-order valence-corrected chi connectivity index (χ3v) is 4.74. The third-order valence-electron chi connectivity index (χ3n) is 4.74. The van der Waals surface area contributed by atoms with E-state index in [9.17, 15) is 10.2 Å². The molecule has 0 amide bonds. The van der Waals surface area contributed by atoms with E-state index in [0.717, 1.165) is 37.7 Å². The SMILES string of the molecule is C=CC.CCC.CCCC(C)(C)c1cc(O)c([C@@H]2C=C(C)CCC2)c(O)c1. The molecule has 1 aromatic carbocycles. The summed E-state index contributed by atoms with van der Waals surface area (Å²) in [5.41, 5.74) is 3.03. The minimum Gasteiger partial charge on any atom is -0.507 e. The highest BCUT2D eigenvalue weighted by atomic mass is 16.3. The summed E-state index contributed by atoms with van der Waals surface area (Å²) in [6.45, 7) is 18.1. The first-order valence-electron chi connectivity index (χ1n) is 10.5. The number of hydrogen-bond acceptors (Lipinski definition) is 2. The molecule has 0 saturated heterocycles. The van der Waals surface area contributed by atoms with Gasteiger partial charge in [0.05, 0.1) is 0 Å². The van der Waals surface area contributed by atoms with E-state index in [0.29, 0.717) is 5.56 Å². The molecule has 0 saturated carbocycles. The third kappa shape index (κ3) is 8.24. The van der Waals surface area contributed by atoms with Crippen molar-refractivity contribution < 1.29 is 10.2 Å². The fraction of sp³-hybridized carbons (Fsp3) is 0.600. The highest BCUT2D eigenvalue weighted by Crippen LogP contribution is 2.43. The highest BCUT2D eigenvalue weighted by Gasteiger charge is 2.26. The number of aromatic hydroxyl groups is 2. The zero-order valence-electron chi connectivity index (χ0n) is 18.7. The van der Waals surface area contributed by atoms with Gasteiger partial charge in [-0.15, -0.1) is 6.58 Å². The van der Waals surface area contributed by atoms with Crippen molar-refractivity contribution in [2.24, 2.45) is 0 Å². The average Bonchev–Trinajstić information content (AvgIpc) is 2.55. The standard InChI is InChI=1S/C19H28O2.C3H8.C3H6/c1-5-9-19(3,4)15-11-16(20)18(17(21)12-15)14-8-6-7-13(2)10-14;2*1-3-2/h10-12,14,20-21H,5-9H2,1-4H3;3H2,1-2H3;3H,1H2,2H3/t14-;;/m0../s1. The van der Waals surface area contributed by atoms with Crippen molar-refractivity contribution >= 4 is 0 Å². The second kappa shape index (κ2) is 12.6. The maximum atomic E-state index is 10.5. The predicted octanol–water partition coefficient (Wildman–Crippen LogP) is 8.00. The van der Waals surface area contributed by atoms with Crippen LogP contribution in [0.15, 0.2) is 36.4 Å². The summed E-state index contributed by atoms with van der Waals surface area (Å²) in [5, 5.41) is 20.9. The lowest BCUT2D eigenvalue weighted by atomic mass is 9.78. The molecule has 0 unspecified atom stereocenters. The minimum atomic E-state index is -0.0272. The fourth-order valence-electron chi connectivity index (χ4n) is 3.50. The summed E-state index contributed by atoms with van der Waals surface area (Å²) in [4.78, 5) is 0. The van der Waals surface area contributed by atoms with Gasteiger partial charge in [-0.3, -0.25) is 0 Å². The van der Waals surface area contributed by atoms with Gasteiger partial charge >= 0.3 is 0 Å². The smallest absolute Gasteiger partial charge is 0.123 e. The van der Waals surface area contributed by atoms with Crippen LogP contribution in [0.1, 0.15) is 104 Å². The van der Waals surface area contributed by atoms with Gasteiger partial charge < -0.3 is 10.2 Å². The van der Waals surface area contributed by atoms with Gasteiger partial charge in [-0.05, 0) is 62.6 Å². The molecular formula is C25H42O2. The van der Waals surface area contributed by atoms with Gasteiger partial charge in [0, 0.05) is 11.5 Å². The summed E-state index contributed by atoms with van der Waals surface area (Å²) in [6.07, 6.45) is 10.5. The molecule has 1 aliphatic carbocycles. The molecule has 2 nitrogen and oxygen atoms in total. The second-order valence-corrected chi connectivity index (χ2v) is 8.19. The molecule has 1 aliphatic rings. The summed E-state index contributed by atoms with van der Waals surface area (Å²) < 4.78 is 0. The first kappa shape index (κ1) is 25.3. The second-order valence-electron chi connectivity index (χ2n) is 8.19. The minimum absolute atomic E-state index is 0.0272. The largest absolute Gasteiger partial charge is 0.507 e. The maximum absolute atomic E-state index is 10.5. The van der Waals surface area contributed by atoms with Gasteiger partial charge in [0.25, 0.3) is 0 Å². The average molecular weight is 375 g/mol. The van der Waals surface area contributed by atoms with Crippen LogP contribution >= 0.6 is 0 Å². The van der Waals surface area contributed by atoms with Crippen molar-refractivity contribution in [2.75, 3.05) is 0 Å². The molecule has 0 aromatic heterocycles. The van der Waals surface area contributed by atoms with Gasteiger partial charge in [-0.1, -0.05) is 65.2 Å². The Hall–Kier alpha value is -1.70. The van der Waals surface area contributed by atoms with Crippen molar-refractivity contribution in [3.63, 3.8) is 0 Å². The van der Waals surface area contributed by atoms with E-state index >= 15 is 0 Å². The lowest BCUT2D eigenvalue weighted by molar-refractivity contribution is 0.416. The van der Waals surface area contributed by atoms with E-state index in [-0.39, 0.29) is 22.8 Å². The first-order valence-corrected chi connectivity index (χ1v) is 10.5. The van der Waals surface area contributed by atoms with Crippen LogP contribution in [0.25, 0.3) is 0 Å². The monoisotopic (exact) mass is 374 g/mol. The Morgan fingerprint density at radius 2 is 1.63 bits per heavy atom. The Morgan fingerprint density at radius 3 is 2.04 bits per heavy atom. The molecule has 154 valence electrons. The molecule has 0 aliphatic heterocycles. The van der Waals surface area contributed by atoms with E-state index in [1.165, 1.54) is 12.0 Å². The molecule has 2 heteroatoms. The molecule has 0 radical (unpaired) electrons. The van der Waals surface area contributed by atoms with Gasteiger partial charge in [0.1, 0.15) is 11.5 Å². The molecule has 0 bridgehead atoms. The Kier molecular flexibility index (Phi) is 11.8. The zero-order chi connectivity index (χ0) is 21.0. The lowest BCUT2D eigenvalue weighted by Gasteiger charge is -2.27. The van der Waals surface area contributed by atoms with E-state index in [1.807, 2.05) is 19.1 Å². The molecule has 1 atom stereocenters. The van der Waals surface area contributed by atoms with Gasteiger partial charge in [-0.2, -0.15) is 0 Å². The summed E-state index contributed by atoms with van der Waals surface area (Å²) in [5.74, 6) is 0.623. The van der Waals surface area contributed by atoms with Gasteiger partial charge in [-0.25, -0.2) is 0 Å². The summed E-state index contributed by atoms with van der Waals surface area (Å²) in [7, 11) is 0. The van der Waals surface area contributed by atoms with E-state index < -0.39 is 0 Å². The number of phenolic OH excluding ortho intramolecular Hbond substituents is 2. The van der Waals surface area contributed by atoms with Crippen molar-refractivity contribution in [1.29, 1.82) is 0 Å². The topological polar surface area (TPSA) is 40.5 Å². The molecule has 2 N–H and O–H groups in total. The predicted molar refractivity (Wildman–Crippen MR) is 120 cm³/mol. The number of allylic oxidation sites excluding steroid dienone is 3. The van der Waals surface area contributed by atoms with E-state index in [4.69, 9.17) is 0 Å². The summed E-state index contributed by atoms with van der Waals surface area (Å²) >= 11 is 0. The van der Waals surface area contributed by atoms with Crippen LogP contribution in [0.5, 0.6) is 11.5 Å². The highest BCUT2D eigenvalue weighted by molar-refractivity contribution is 5.52. The molecule has 1 aromatic rings. The van der Waals surface area contributed by atoms with Crippen molar-refractivity contribution in [2.45, 2.75) is 98.3 Å². The van der Waals surface area contributed by atoms with Crippen LogP contribution in [0.3, 0.4) is 0 Å². The number of benzene rings is 1. The Balaban J connectivity index is 0.000000997. The number of phenols is 2. The molecule has 27 heavy (non-hydrogen) atoms. The molecule has 2 rings (SSSR count). The Bertz CT molecular complexity index is 573. The van der Waals surface area contributed by atoms with Crippen LogP contribution in [-0.2, 0) is 5.41 Å². The first-order chi connectivity index (χ1) is 12.7. The van der Waals surface area contributed by atoms with Crippen LogP contribution in [-0.4, -0.2) is 10.2 Å². The summed E-state index contributed by atoms with van der Waals surface area (Å²) in [6, 6.07) is 3.70. The van der Waals surface area contributed by atoms with Crippen molar-refractivity contribution in [1.82, 2.24) is 0 Å². The molecule has 0 spiro atoms. The quantitative estimate of drug-likeness (QED) is 0.524. The molecule has 0 fully saturated rings. The van der Waals surface area contributed by atoms with Gasteiger partial charge in [0.15, 0.2) is 0 Å². The van der Waals surface area contributed by atoms with Crippen LogP contribution in [0, 0.1) is 0 Å². The van der Waals surface area contributed by atoms with E-state index in [2.05, 4.69) is 54.2 Å². The van der Waals surface area contributed by atoms with Crippen molar-refractivity contribution in [3.8, 4) is 11.5 Å². The van der Waals surface area contributed by atoms with Crippen LogP contribution < -0.4 is 0 Å². The molecular weight excluding hydrogens is 332 g/mol. The van der Waals surface area contributed by atoms with E-state index in [1.54, 1.807) is 6.08 Å². The number of hydrogen-bond donors (Lipinski definition) is 2. The van der Waals surface area contributed by atoms with Crippen LogP contribution in [0.2, 0.25) is 0 Å². The molecule has 0 heterocycles. The van der Waals surface area contributed by atoms with Gasteiger partial charge in [0.2, 0.25) is 0 Å². The number of rotatable bonds is 4. The fourth-order valence-corrected chi connectivity index (χ4v) is 3.50. The normalized spacial score (nSPS) is 16.3. The Labute approximate surface area is 168 Å². The Morgan fingerprint density at radius 1 is 1.15 bits per heavy atom. The maximum Gasteiger partial charge on any atom is 0.123 e. The zero-order valence-corrected chi connectivity index (χ0v) is 18.7. The van der Waals surface area contributed by atoms with Crippen LogP contribution in [0.4, 0.5) is 0 Å². The lowest BCUT2D eigenvalue weighted by Crippen LogP contribution is -2.17.